The van der Waals surface area contributed by atoms with Crippen LogP contribution in [0, 0.1) is 0 Å². The lowest BCUT2D eigenvalue weighted by Gasteiger charge is -2.24. The third kappa shape index (κ3) is 4.20. The number of fused-ring (bicyclic) bond motifs is 1. The van der Waals surface area contributed by atoms with Crippen molar-refractivity contribution in [2.45, 2.75) is 38.0 Å². The highest BCUT2D eigenvalue weighted by Gasteiger charge is 2.36. The van der Waals surface area contributed by atoms with E-state index in [2.05, 4.69) is 10.3 Å². The predicted octanol–water partition coefficient (Wildman–Crippen LogP) is 3.55. The fraction of sp³-hybridized carbons (Fsp3) is 0.304. The Balaban J connectivity index is 1.37. The molecule has 1 aliphatic heterocycles. The Morgan fingerprint density at radius 2 is 2.00 bits per heavy atom. The number of hydrogen-bond acceptors (Lipinski definition) is 3. The first-order valence-corrected chi connectivity index (χ1v) is 10.5. The number of halogens is 1. The average Bonchev–Trinajstić information content (AvgIpc) is 3.32. The number of carbonyl (C=O) groups is 2. The van der Waals surface area contributed by atoms with Gasteiger partial charge in [0.15, 0.2) is 0 Å². The van der Waals surface area contributed by atoms with Gasteiger partial charge in [0, 0.05) is 41.6 Å². The number of nitrogens with one attached hydrogen (secondary N) is 2. The molecule has 1 fully saturated rings. The molecule has 6 nitrogen and oxygen atoms in total. The highest BCUT2D eigenvalue weighted by molar-refractivity contribution is 6.31. The van der Waals surface area contributed by atoms with Gasteiger partial charge in [0.1, 0.15) is 6.04 Å². The zero-order chi connectivity index (χ0) is 21.1. The lowest BCUT2D eigenvalue weighted by molar-refractivity contribution is -0.135. The normalized spacial score (nSPS) is 17.5. The van der Waals surface area contributed by atoms with Gasteiger partial charge in [-0.3, -0.25) is 9.59 Å². The summed E-state index contributed by atoms with van der Waals surface area (Å²) in [6.07, 6.45) is 2.35. The fourth-order valence-corrected chi connectivity index (χ4v) is 4.26. The Bertz CT molecular complexity index is 1060. The third-order valence-electron chi connectivity index (χ3n) is 5.63. The quantitative estimate of drug-likeness (QED) is 0.541. The van der Waals surface area contributed by atoms with Gasteiger partial charge >= 0.3 is 0 Å². The number of aromatic nitrogens is 1. The molecule has 30 heavy (non-hydrogen) atoms. The number of likely N-dealkylation sites (tertiary alicyclic amines) is 1. The molecule has 2 heterocycles. The summed E-state index contributed by atoms with van der Waals surface area (Å²) in [4.78, 5) is 30.1. The lowest BCUT2D eigenvalue weighted by atomic mass is 10.1. The molecule has 3 aromatic rings. The van der Waals surface area contributed by atoms with Crippen LogP contribution in [0.2, 0.25) is 5.02 Å². The molecule has 2 amide bonds. The number of rotatable bonds is 7. The topological polar surface area (TPSA) is 85.4 Å². The molecule has 7 heteroatoms. The maximum absolute atomic E-state index is 12.8. The second-order valence-electron chi connectivity index (χ2n) is 7.55. The molecule has 0 radical (unpaired) electrons. The Labute approximate surface area is 179 Å². The summed E-state index contributed by atoms with van der Waals surface area (Å²) in [5.74, 6) is -0.205. The van der Waals surface area contributed by atoms with Gasteiger partial charge in [-0.15, -0.1) is 0 Å². The van der Waals surface area contributed by atoms with E-state index in [0.29, 0.717) is 42.9 Å². The Kier molecular flexibility index (Phi) is 6.06. The van der Waals surface area contributed by atoms with Gasteiger partial charge in [-0.25, -0.2) is 0 Å². The molecular weight excluding hydrogens is 402 g/mol. The van der Waals surface area contributed by atoms with Crippen molar-refractivity contribution in [1.82, 2.24) is 15.2 Å². The number of aliphatic hydroxyl groups excluding tert-OH is 1. The number of carbonyl (C=O) groups excluding carboxylic acids is 2. The van der Waals surface area contributed by atoms with Crippen LogP contribution in [0.3, 0.4) is 0 Å². The first kappa shape index (κ1) is 20.4. The van der Waals surface area contributed by atoms with Crippen LogP contribution in [0.15, 0.2) is 54.7 Å². The van der Waals surface area contributed by atoms with Gasteiger partial charge in [0.2, 0.25) is 11.8 Å². The first-order chi connectivity index (χ1) is 14.5. The molecule has 0 bridgehead atoms. The number of aromatic amines is 1. The maximum Gasteiger partial charge on any atom is 0.242 e. The van der Waals surface area contributed by atoms with E-state index < -0.39 is 12.1 Å². The molecule has 0 saturated carbocycles. The van der Waals surface area contributed by atoms with Crippen molar-refractivity contribution in [3.8, 4) is 0 Å². The molecular formula is C23H24ClN3O3. The molecule has 1 aliphatic rings. The van der Waals surface area contributed by atoms with E-state index in [9.17, 15) is 14.7 Å². The molecule has 2 unspecified atom stereocenters. The van der Waals surface area contributed by atoms with Gasteiger partial charge < -0.3 is 20.3 Å². The molecule has 156 valence electrons. The number of amides is 2. The van der Waals surface area contributed by atoms with E-state index in [1.54, 1.807) is 23.1 Å². The number of hydrogen-bond donors (Lipinski definition) is 3. The van der Waals surface area contributed by atoms with E-state index in [0.717, 1.165) is 16.5 Å². The van der Waals surface area contributed by atoms with Crippen molar-refractivity contribution in [2.24, 2.45) is 0 Å². The van der Waals surface area contributed by atoms with Gasteiger partial charge in [0.05, 0.1) is 6.10 Å². The summed E-state index contributed by atoms with van der Waals surface area (Å²) in [5.41, 5.74) is 2.65. The van der Waals surface area contributed by atoms with E-state index in [1.165, 1.54) is 0 Å². The van der Waals surface area contributed by atoms with Crippen LogP contribution >= 0.6 is 11.6 Å². The minimum absolute atomic E-state index is 0.0171. The predicted molar refractivity (Wildman–Crippen MR) is 116 cm³/mol. The summed E-state index contributed by atoms with van der Waals surface area (Å²) in [6.45, 7) is 0.694. The Hall–Kier alpha value is -2.83. The van der Waals surface area contributed by atoms with E-state index >= 15 is 0 Å². The van der Waals surface area contributed by atoms with Crippen LogP contribution in [0.5, 0.6) is 0 Å². The van der Waals surface area contributed by atoms with Crippen LogP contribution in [-0.4, -0.2) is 39.4 Å². The minimum Gasteiger partial charge on any atom is -0.388 e. The third-order valence-corrected chi connectivity index (χ3v) is 5.97. The first-order valence-electron chi connectivity index (χ1n) is 10.1. The van der Waals surface area contributed by atoms with Gasteiger partial charge in [0.25, 0.3) is 0 Å². The molecule has 0 aliphatic carbocycles. The molecule has 2 aromatic carbocycles. The van der Waals surface area contributed by atoms with E-state index in [4.69, 9.17) is 11.6 Å². The second-order valence-corrected chi connectivity index (χ2v) is 7.96. The zero-order valence-corrected chi connectivity index (χ0v) is 17.2. The number of H-pyrrole nitrogens is 1. The van der Waals surface area contributed by atoms with Crippen molar-refractivity contribution < 1.29 is 14.7 Å². The summed E-state index contributed by atoms with van der Waals surface area (Å²) in [7, 11) is 0. The van der Waals surface area contributed by atoms with Gasteiger partial charge in [-0.2, -0.15) is 0 Å². The minimum atomic E-state index is -0.758. The highest BCUT2D eigenvalue weighted by atomic mass is 35.5. The number of aliphatic hydroxyl groups is 1. The van der Waals surface area contributed by atoms with Crippen LogP contribution in [0.25, 0.3) is 10.9 Å². The molecule has 4 rings (SSSR count). The van der Waals surface area contributed by atoms with Crippen LogP contribution < -0.4 is 5.32 Å². The molecule has 1 saturated heterocycles. The highest BCUT2D eigenvalue weighted by Crippen LogP contribution is 2.26. The largest absolute Gasteiger partial charge is 0.388 e. The summed E-state index contributed by atoms with van der Waals surface area (Å²) < 4.78 is 0. The molecule has 2 atom stereocenters. The number of benzene rings is 2. The zero-order valence-electron chi connectivity index (χ0n) is 16.5. The van der Waals surface area contributed by atoms with Crippen molar-refractivity contribution in [3.05, 3.63) is 70.9 Å². The average molecular weight is 426 g/mol. The molecule has 1 aromatic heterocycles. The van der Waals surface area contributed by atoms with Gasteiger partial charge in [-0.1, -0.05) is 48.0 Å². The maximum atomic E-state index is 12.8. The summed E-state index contributed by atoms with van der Waals surface area (Å²) in [6, 6.07) is 14.5. The smallest absolute Gasteiger partial charge is 0.242 e. The van der Waals surface area contributed by atoms with Gasteiger partial charge in [-0.05, 0) is 36.1 Å². The standard InChI is InChI=1S/C23H24ClN3O3/c24-18-7-3-1-6-17(18)21(28)11-12-25-23(30)20-9-10-22(29)27(20)14-15-13-26-19-8-4-2-5-16(15)19/h1-8,13,20-21,26,28H,9-12,14H2,(H,25,30). The molecule has 3 N–H and O–H groups in total. The van der Waals surface area contributed by atoms with E-state index in [-0.39, 0.29) is 11.8 Å². The second kappa shape index (κ2) is 8.90. The Morgan fingerprint density at radius 3 is 2.83 bits per heavy atom. The number of nitrogens with zero attached hydrogens (tertiary/aromatic N) is 1. The van der Waals surface area contributed by atoms with Crippen molar-refractivity contribution in [2.75, 3.05) is 6.54 Å². The van der Waals surface area contributed by atoms with Crippen LogP contribution in [0.4, 0.5) is 0 Å². The lowest BCUT2D eigenvalue weighted by Crippen LogP contribution is -2.44. The van der Waals surface area contributed by atoms with Crippen molar-refractivity contribution in [3.63, 3.8) is 0 Å². The monoisotopic (exact) mass is 425 g/mol. The molecule has 0 spiro atoms. The SMILES string of the molecule is O=C(NCCC(O)c1ccccc1Cl)C1CCC(=O)N1Cc1c[nH]c2ccccc12. The summed E-state index contributed by atoms with van der Waals surface area (Å²) in [5, 5.41) is 14.8. The van der Waals surface area contributed by atoms with E-state index in [1.807, 2.05) is 36.5 Å². The Morgan fingerprint density at radius 1 is 1.23 bits per heavy atom. The van der Waals surface area contributed by atoms with Crippen LogP contribution in [-0.2, 0) is 16.1 Å². The number of para-hydroxylation sites is 1. The fourth-order valence-electron chi connectivity index (χ4n) is 4.00. The van der Waals surface area contributed by atoms with Crippen LogP contribution in [0.1, 0.15) is 36.5 Å². The summed E-state index contributed by atoms with van der Waals surface area (Å²) >= 11 is 6.11. The van der Waals surface area contributed by atoms with Crippen molar-refractivity contribution in [1.29, 1.82) is 0 Å². The van der Waals surface area contributed by atoms with Crippen molar-refractivity contribution >= 4 is 34.3 Å².